The lowest BCUT2D eigenvalue weighted by Crippen LogP contribution is -2.48. The number of halogens is 3. The van der Waals surface area contributed by atoms with Gasteiger partial charge in [0.05, 0.1) is 26.6 Å². The number of carbonyl (C=O) groups is 2. The van der Waals surface area contributed by atoms with E-state index in [9.17, 15) is 18.0 Å². The van der Waals surface area contributed by atoms with E-state index in [4.69, 9.17) is 44.3 Å². The molecule has 0 spiro atoms. The number of amides is 1. The van der Waals surface area contributed by atoms with E-state index in [0.717, 1.165) is 25.7 Å². The highest BCUT2D eigenvalue weighted by Gasteiger charge is 2.39. The van der Waals surface area contributed by atoms with Crippen LogP contribution in [0.5, 0.6) is 5.75 Å². The number of carbonyl (C=O) groups excluding carboxylic acids is 2. The average Bonchev–Trinajstić information content (AvgIpc) is 3.32. The number of benzene rings is 1. The Morgan fingerprint density at radius 1 is 0.967 bits per heavy atom. The van der Waals surface area contributed by atoms with Crippen LogP contribution in [0.2, 0.25) is 15.1 Å². The van der Waals surface area contributed by atoms with Crippen LogP contribution in [0, 0.1) is 0 Å². The van der Waals surface area contributed by atoms with Crippen molar-refractivity contribution in [2.24, 2.45) is 0 Å². The average molecular weight is 499 g/mol. The summed E-state index contributed by atoms with van der Waals surface area (Å²) >= 11 is 17.7. The van der Waals surface area contributed by atoms with Gasteiger partial charge in [-0.3, -0.25) is 4.79 Å². The summed E-state index contributed by atoms with van der Waals surface area (Å²) in [6.07, 6.45) is 4.06. The Hall–Kier alpha value is -1.22. The molecule has 0 bridgehead atoms. The van der Waals surface area contributed by atoms with Crippen LogP contribution in [0.1, 0.15) is 32.1 Å². The van der Waals surface area contributed by atoms with Gasteiger partial charge in [-0.25, -0.2) is 13.2 Å². The Kier molecular flexibility index (Phi) is 7.76. The van der Waals surface area contributed by atoms with Gasteiger partial charge in [0, 0.05) is 18.2 Å². The number of sulfone groups is 1. The van der Waals surface area contributed by atoms with Gasteiger partial charge in [0.2, 0.25) is 0 Å². The Morgan fingerprint density at radius 3 is 2.27 bits per heavy atom. The van der Waals surface area contributed by atoms with Gasteiger partial charge in [-0.2, -0.15) is 0 Å². The van der Waals surface area contributed by atoms with Gasteiger partial charge in [-0.1, -0.05) is 47.6 Å². The molecular formula is C19H22Cl3NO6S. The molecule has 1 aromatic carbocycles. The van der Waals surface area contributed by atoms with Gasteiger partial charge in [0.15, 0.2) is 23.1 Å². The Morgan fingerprint density at radius 2 is 1.63 bits per heavy atom. The zero-order valence-corrected chi connectivity index (χ0v) is 19.2. The zero-order chi connectivity index (χ0) is 21.9. The minimum Gasteiger partial charge on any atom is -0.480 e. The Balaban J connectivity index is 1.55. The van der Waals surface area contributed by atoms with Crippen molar-refractivity contribution in [3.63, 3.8) is 0 Å². The van der Waals surface area contributed by atoms with E-state index in [1.165, 1.54) is 12.1 Å². The molecule has 2 aliphatic rings. The van der Waals surface area contributed by atoms with Crippen molar-refractivity contribution in [3.05, 3.63) is 27.2 Å². The molecule has 2 fully saturated rings. The fraction of sp³-hybridized carbons (Fsp3) is 0.579. The number of rotatable bonds is 7. The molecule has 1 saturated carbocycles. The van der Waals surface area contributed by atoms with Crippen molar-refractivity contribution in [1.29, 1.82) is 0 Å². The largest absolute Gasteiger partial charge is 0.480 e. The predicted molar refractivity (Wildman–Crippen MR) is 114 cm³/mol. The highest BCUT2D eigenvalue weighted by Crippen LogP contribution is 2.34. The summed E-state index contributed by atoms with van der Waals surface area (Å²) in [4.78, 5) is 26.5. The first-order chi connectivity index (χ1) is 14.2. The number of esters is 1. The second-order valence-corrected chi connectivity index (χ2v) is 10.9. The molecule has 1 aliphatic heterocycles. The quantitative estimate of drug-likeness (QED) is 0.422. The molecule has 30 heavy (non-hydrogen) atoms. The third-order valence-electron chi connectivity index (χ3n) is 5.28. The van der Waals surface area contributed by atoms with Crippen LogP contribution in [-0.2, 0) is 24.2 Å². The Labute approximate surface area is 190 Å². The molecule has 0 aromatic heterocycles. The summed E-state index contributed by atoms with van der Waals surface area (Å²) in [6, 6.07) is 2.40. The van der Waals surface area contributed by atoms with Crippen LogP contribution >= 0.6 is 34.8 Å². The molecule has 1 aliphatic carbocycles. The molecule has 1 aromatic rings. The summed E-state index contributed by atoms with van der Waals surface area (Å²) < 4.78 is 34.1. The van der Waals surface area contributed by atoms with Crippen molar-refractivity contribution >= 4 is 56.5 Å². The van der Waals surface area contributed by atoms with Crippen molar-refractivity contribution in [2.75, 3.05) is 24.7 Å². The van der Waals surface area contributed by atoms with Crippen molar-refractivity contribution in [3.8, 4) is 5.75 Å². The molecule has 1 heterocycles. The molecule has 1 unspecified atom stereocenters. The first-order valence-corrected chi connectivity index (χ1v) is 12.6. The fourth-order valence-corrected chi connectivity index (χ4v) is 6.20. The van der Waals surface area contributed by atoms with E-state index in [1.807, 2.05) is 0 Å². The Bertz CT molecular complexity index is 917. The monoisotopic (exact) mass is 497 g/mol. The van der Waals surface area contributed by atoms with E-state index in [-0.39, 0.29) is 50.3 Å². The summed E-state index contributed by atoms with van der Waals surface area (Å²) in [6.45, 7) is -0.934. The topological polar surface area (TPSA) is 90.0 Å². The third-order valence-corrected chi connectivity index (χ3v) is 8.05. The van der Waals surface area contributed by atoms with Gasteiger partial charge in [0.25, 0.3) is 5.91 Å². The smallest absolute Gasteiger partial charge is 0.344 e. The first-order valence-electron chi connectivity index (χ1n) is 9.61. The second kappa shape index (κ2) is 9.94. The zero-order valence-electron chi connectivity index (χ0n) is 16.1. The molecule has 11 heteroatoms. The van der Waals surface area contributed by atoms with Crippen LogP contribution in [0.25, 0.3) is 0 Å². The third kappa shape index (κ3) is 5.93. The standard InChI is InChI=1S/C19H22Cl3NO6S/c20-14-7-16(22)17(8-15(14)21)28-10-19(25)29-9-18(24)23(12-3-1-2-4-12)13-5-6-30(26,27)11-13/h7-8,12-13H,1-6,9-11H2. The van der Waals surface area contributed by atoms with Gasteiger partial charge in [0.1, 0.15) is 5.75 Å². The molecule has 3 rings (SSSR count). The van der Waals surface area contributed by atoms with Gasteiger partial charge in [-0.05, 0) is 25.3 Å². The summed E-state index contributed by atoms with van der Waals surface area (Å²) in [5.74, 6) is -0.937. The minimum absolute atomic E-state index is 0.0132. The van der Waals surface area contributed by atoms with Crippen molar-refractivity contribution in [2.45, 2.75) is 44.2 Å². The van der Waals surface area contributed by atoms with E-state index < -0.39 is 29.0 Å². The van der Waals surface area contributed by atoms with E-state index in [2.05, 4.69) is 0 Å². The summed E-state index contributed by atoms with van der Waals surface area (Å²) in [7, 11) is -3.14. The summed E-state index contributed by atoms with van der Waals surface area (Å²) in [5.41, 5.74) is 0. The van der Waals surface area contributed by atoms with E-state index >= 15 is 0 Å². The maximum absolute atomic E-state index is 12.8. The summed E-state index contributed by atoms with van der Waals surface area (Å²) in [5, 5.41) is 0.657. The maximum Gasteiger partial charge on any atom is 0.344 e. The molecule has 0 radical (unpaired) electrons. The highest BCUT2D eigenvalue weighted by molar-refractivity contribution is 7.91. The fourth-order valence-electron chi connectivity index (χ4n) is 3.89. The van der Waals surface area contributed by atoms with Gasteiger partial charge < -0.3 is 14.4 Å². The van der Waals surface area contributed by atoms with Crippen LogP contribution in [0.15, 0.2) is 12.1 Å². The second-order valence-electron chi connectivity index (χ2n) is 7.44. The SMILES string of the molecule is O=C(COc1cc(Cl)c(Cl)cc1Cl)OCC(=O)N(C1CCCC1)C1CCS(=O)(=O)C1. The molecule has 7 nitrogen and oxygen atoms in total. The first kappa shape index (κ1) is 23.4. The highest BCUT2D eigenvalue weighted by atomic mass is 35.5. The van der Waals surface area contributed by atoms with Gasteiger partial charge >= 0.3 is 5.97 Å². The molecule has 1 saturated heterocycles. The minimum atomic E-state index is -3.14. The molecule has 1 atom stereocenters. The lowest BCUT2D eigenvalue weighted by Gasteiger charge is -2.33. The molecular weight excluding hydrogens is 477 g/mol. The maximum atomic E-state index is 12.8. The molecule has 1 amide bonds. The van der Waals surface area contributed by atoms with Crippen LogP contribution in [0.3, 0.4) is 0 Å². The number of ether oxygens (including phenoxy) is 2. The number of hydrogen-bond acceptors (Lipinski definition) is 6. The van der Waals surface area contributed by atoms with E-state index in [1.54, 1.807) is 4.90 Å². The van der Waals surface area contributed by atoms with E-state index in [0.29, 0.717) is 6.42 Å². The number of hydrogen-bond donors (Lipinski definition) is 0. The molecule has 0 N–H and O–H groups in total. The number of nitrogens with zero attached hydrogens (tertiary/aromatic N) is 1. The molecule has 166 valence electrons. The normalized spacial score (nSPS) is 20.8. The van der Waals surface area contributed by atoms with Gasteiger partial charge in [-0.15, -0.1) is 0 Å². The van der Waals surface area contributed by atoms with Crippen LogP contribution in [-0.4, -0.2) is 62.0 Å². The van der Waals surface area contributed by atoms with Crippen molar-refractivity contribution in [1.82, 2.24) is 4.90 Å². The lowest BCUT2D eigenvalue weighted by atomic mass is 10.1. The van der Waals surface area contributed by atoms with Crippen LogP contribution in [0.4, 0.5) is 0 Å². The van der Waals surface area contributed by atoms with Crippen molar-refractivity contribution < 1.29 is 27.5 Å². The lowest BCUT2D eigenvalue weighted by molar-refractivity contribution is -0.155. The predicted octanol–water partition coefficient (Wildman–Crippen LogP) is 3.53. The van der Waals surface area contributed by atoms with Crippen LogP contribution < -0.4 is 4.74 Å².